The lowest BCUT2D eigenvalue weighted by Gasteiger charge is -2.38. The van der Waals surface area contributed by atoms with Gasteiger partial charge >= 0.3 is 0 Å². The highest BCUT2D eigenvalue weighted by Gasteiger charge is 2.37. The molecule has 2 heterocycles. The first-order valence-corrected chi connectivity index (χ1v) is 7.81. The van der Waals surface area contributed by atoms with E-state index in [1.54, 1.807) is 16.2 Å². The van der Waals surface area contributed by atoms with Gasteiger partial charge in [0.15, 0.2) is 0 Å². The van der Waals surface area contributed by atoms with Crippen molar-refractivity contribution in [2.24, 2.45) is 5.92 Å². The highest BCUT2D eigenvalue weighted by atomic mass is 32.1. The number of carbonyl (C=O) groups excluding carboxylic acids is 2. The standard InChI is InChI=1S/C15H22N2O2S/c1-10(2)13-14(19)17(8-12(18)16-13)9-15(3,4)11-6-5-7-20-11/h5-7,10,13H,8-9H2,1-4H3,(H,16,18). The number of amides is 2. The predicted octanol–water partition coefficient (Wildman–Crippen LogP) is 2.01. The van der Waals surface area contributed by atoms with Crippen LogP contribution in [0.1, 0.15) is 32.6 Å². The summed E-state index contributed by atoms with van der Waals surface area (Å²) in [7, 11) is 0. The molecule has 0 radical (unpaired) electrons. The summed E-state index contributed by atoms with van der Waals surface area (Å²) in [6.45, 7) is 8.87. The Bertz CT molecular complexity index is 494. The van der Waals surface area contributed by atoms with Gasteiger partial charge in [-0.1, -0.05) is 33.8 Å². The molecular formula is C15H22N2O2S. The maximum atomic E-state index is 12.5. The Hall–Kier alpha value is -1.36. The lowest BCUT2D eigenvalue weighted by Crippen LogP contribution is -2.61. The SMILES string of the molecule is CC(C)C1NC(=O)CN(CC(C)(C)c2cccs2)C1=O. The zero-order valence-electron chi connectivity index (χ0n) is 12.5. The first-order valence-electron chi connectivity index (χ1n) is 6.93. The molecule has 0 bridgehead atoms. The number of nitrogens with zero attached hydrogens (tertiary/aromatic N) is 1. The average molecular weight is 294 g/mol. The molecule has 20 heavy (non-hydrogen) atoms. The van der Waals surface area contributed by atoms with E-state index >= 15 is 0 Å². The van der Waals surface area contributed by atoms with Gasteiger partial charge in [0.1, 0.15) is 6.04 Å². The normalized spacial score (nSPS) is 20.4. The van der Waals surface area contributed by atoms with E-state index in [9.17, 15) is 9.59 Å². The molecule has 0 aliphatic carbocycles. The summed E-state index contributed by atoms with van der Waals surface area (Å²) < 4.78 is 0. The smallest absolute Gasteiger partial charge is 0.245 e. The fraction of sp³-hybridized carbons (Fsp3) is 0.600. The Morgan fingerprint density at radius 3 is 2.70 bits per heavy atom. The third-order valence-electron chi connectivity index (χ3n) is 3.67. The van der Waals surface area contributed by atoms with Crippen molar-refractivity contribution in [2.45, 2.75) is 39.2 Å². The van der Waals surface area contributed by atoms with Crippen LogP contribution in [-0.4, -0.2) is 35.8 Å². The van der Waals surface area contributed by atoms with Crippen LogP contribution in [0.3, 0.4) is 0 Å². The van der Waals surface area contributed by atoms with E-state index in [4.69, 9.17) is 0 Å². The third-order valence-corrected chi connectivity index (χ3v) is 4.91. The molecule has 1 atom stereocenters. The van der Waals surface area contributed by atoms with Gasteiger partial charge in [-0.05, 0) is 17.4 Å². The molecule has 1 fully saturated rings. The molecule has 4 nitrogen and oxygen atoms in total. The summed E-state index contributed by atoms with van der Waals surface area (Å²) >= 11 is 1.69. The fourth-order valence-corrected chi connectivity index (χ4v) is 3.38. The molecule has 2 rings (SSSR count). The van der Waals surface area contributed by atoms with Gasteiger partial charge in [0, 0.05) is 16.8 Å². The van der Waals surface area contributed by atoms with Gasteiger partial charge in [0.25, 0.3) is 0 Å². The van der Waals surface area contributed by atoms with Crippen molar-refractivity contribution in [2.75, 3.05) is 13.1 Å². The number of thiophene rings is 1. The van der Waals surface area contributed by atoms with Gasteiger partial charge in [-0.3, -0.25) is 9.59 Å². The van der Waals surface area contributed by atoms with Crippen molar-refractivity contribution in [1.29, 1.82) is 0 Å². The van der Waals surface area contributed by atoms with Gasteiger partial charge in [-0.25, -0.2) is 0 Å². The minimum Gasteiger partial charge on any atom is -0.343 e. The first-order chi connectivity index (χ1) is 9.31. The van der Waals surface area contributed by atoms with Crippen LogP contribution in [-0.2, 0) is 15.0 Å². The van der Waals surface area contributed by atoms with Crippen LogP contribution in [0.5, 0.6) is 0 Å². The molecule has 5 heteroatoms. The highest BCUT2D eigenvalue weighted by molar-refractivity contribution is 7.10. The molecule has 1 aromatic heterocycles. The molecule has 1 saturated heterocycles. The number of hydrogen-bond acceptors (Lipinski definition) is 3. The number of rotatable bonds is 4. The van der Waals surface area contributed by atoms with Crippen LogP contribution in [0.4, 0.5) is 0 Å². The van der Waals surface area contributed by atoms with Crippen molar-refractivity contribution in [1.82, 2.24) is 10.2 Å². The van der Waals surface area contributed by atoms with Gasteiger partial charge in [-0.2, -0.15) is 0 Å². The van der Waals surface area contributed by atoms with E-state index in [1.165, 1.54) is 4.88 Å². The molecular weight excluding hydrogens is 272 g/mol. The van der Waals surface area contributed by atoms with Crippen LogP contribution in [0.25, 0.3) is 0 Å². The zero-order chi connectivity index (χ0) is 14.9. The summed E-state index contributed by atoms with van der Waals surface area (Å²) in [4.78, 5) is 27.2. The van der Waals surface area contributed by atoms with Crippen molar-refractivity contribution in [3.05, 3.63) is 22.4 Å². The van der Waals surface area contributed by atoms with Crippen LogP contribution in [0.2, 0.25) is 0 Å². The molecule has 0 spiro atoms. The Balaban J connectivity index is 2.15. The zero-order valence-corrected chi connectivity index (χ0v) is 13.3. The lowest BCUT2D eigenvalue weighted by molar-refractivity contribution is -0.146. The fourth-order valence-electron chi connectivity index (χ4n) is 2.53. The Morgan fingerprint density at radius 2 is 2.15 bits per heavy atom. The van der Waals surface area contributed by atoms with Crippen LogP contribution in [0.15, 0.2) is 17.5 Å². The molecule has 1 aliphatic heterocycles. The van der Waals surface area contributed by atoms with Crippen molar-refractivity contribution >= 4 is 23.2 Å². The van der Waals surface area contributed by atoms with Gasteiger partial charge in [0.2, 0.25) is 11.8 Å². The second kappa shape index (κ2) is 5.56. The van der Waals surface area contributed by atoms with E-state index in [1.807, 2.05) is 25.3 Å². The quantitative estimate of drug-likeness (QED) is 0.923. The molecule has 1 aromatic rings. The highest BCUT2D eigenvalue weighted by Crippen LogP contribution is 2.29. The predicted molar refractivity (Wildman–Crippen MR) is 80.7 cm³/mol. The number of nitrogens with one attached hydrogen (secondary N) is 1. The second-order valence-corrected chi connectivity index (χ2v) is 7.29. The number of hydrogen-bond donors (Lipinski definition) is 1. The summed E-state index contributed by atoms with van der Waals surface area (Å²) in [5, 5.41) is 4.83. The average Bonchev–Trinajstić information content (AvgIpc) is 2.87. The van der Waals surface area contributed by atoms with Crippen LogP contribution in [0, 0.1) is 5.92 Å². The summed E-state index contributed by atoms with van der Waals surface area (Å²) in [6.07, 6.45) is 0. The lowest BCUT2D eigenvalue weighted by atomic mass is 9.89. The molecule has 110 valence electrons. The largest absolute Gasteiger partial charge is 0.343 e. The maximum absolute atomic E-state index is 12.5. The van der Waals surface area contributed by atoms with E-state index in [-0.39, 0.29) is 29.7 Å². The van der Waals surface area contributed by atoms with Gasteiger partial charge < -0.3 is 10.2 Å². The summed E-state index contributed by atoms with van der Waals surface area (Å²) in [5.74, 6) is 0.0774. The minimum absolute atomic E-state index is 0.0317. The van der Waals surface area contributed by atoms with E-state index < -0.39 is 6.04 Å². The Morgan fingerprint density at radius 1 is 1.45 bits per heavy atom. The van der Waals surface area contributed by atoms with E-state index in [2.05, 4.69) is 25.2 Å². The molecule has 2 amide bonds. The maximum Gasteiger partial charge on any atom is 0.245 e. The second-order valence-electron chi connectivity index (χ2n) is 6.34. The Kier molecular flexibility index (Phi) is 4.18. The molecule has 0 aromatic carbocycles. The van der Waals surface area contributed by atoms with E-state index in [0.29, 0.717) is 6.54 Å². The van der Waals surface area contributed by atoms with Crippen molar-refractivity contribution < 1.29 is 9.59 Å². The molecule has 1 unspecified atom stereocenters. The van der Waals surface area contributed by atoms with Crippen LogP contribution < -0.4 is 5.32 Å². The number of piperazine rings is 1. The summed E-state index contributed by atoms with van der Waals surface area (Å²) in [6, 6.07) is 3.71. The molecule has 1 N–H and O–H groups in total. The minimum atomic E-state index is -0.393. The van der Waals surface area contributed by atoms with Gasteiger partial charge in [0.05, 0.1) is 6.54 Å². The number of carbonyl (C=O) groups is 2. The molecule has 1 aliphatic rings. The van der Waals surface area contributed by atoms with Crippen molar-refractivity contribution in [3.63, 3.8) is 0 Å². The van der Waals surface area contributed by atoms with Crippen molar-refractivity contribution in [3.8, 4) is 0 Å². The third kappa shape index (κ3) is 3.03. The van der Waals surface area contributed by atoms with E-state index in [0.717, 1.165) is 0 Å². The monoisotopic (exact) mass is 294 g/mol. The Labute approximate surface area is 124 Å². The topological polar surface area (TPSA) is 49.4 Å². The van der Waals surface area contributed by atoms with Gasteiger partial charge in [-0.15, -0.1) is 11.3 Å². The van der Waals surface area contributed by atoms with Crippen LogP contribution >= 0.6 is 11.3 Å². The molecule has 0 saturated carbocycles. The first kappa shape index (κ1) is 15.0. The summed E-state index contributed by atoms with van der Waals surface area (Å²) in [5.41, 5.74) is -0.136.